The number of carbonyl (C=O) groups is 1. The monoisotopic (exact) mass is 218 g/mol. The van der Waals surface area contributed by atoms with Gasteiger partial charge in [-0.3, -0.25) is 4.79 Å². The number of hydrogen-bond acceptors (Lipinski definition) is 2. The van der Waals surface area contributed by atoms with E-state index in [1.165, 1.54) is 11.1 Å². The molecule has 3 heteroatoms. The Morgan fingerprint density at radius 3 is 3.12 bits per heavy atom. The fourth-order valence-corrected chi connectivity index (χ4v) is 2.45. The first-order chi connectivity index (χ1) is 7.74. The Balaban J connectivity index is 1.70. The Bertz CT molecular complexity index is 439. The van der Waals surface area contributed by atoms with Gasteiger partial charge in [0.1, 0.15) is 5.75 Å². The van der Waals surface area contributed by atoms with Crippen molar-refractivity contribution in [2.75, 3.05) is 6.61 Å². The van der Waals surface area contributed by atoms with Crippen LogP contribution in [0.4, 0.5) is 0 Å². The number of ether oxygens (including phenoxy) is 1. The summed E-state index contributed by atoms with van der Waals surface area (Å²) in [7, 11) is 0. The van der Waals surface area contributed by atoms with Crippen LogP contribution >= 0.6 is 0 Å². The van der Waals surface area contributed by atoms with Crippen molar-refractivity contribution in [1.82, 2.24) is 0 Å². The minimum Gasteiger partial charge on any atom is -0.493 e. The molecule has 2 atom stereocenters. The first kappa shape index (κ1) is 9.70. The predicted molar refractivity (Wildman–Crippen MR) is 58.6 cm³/mol. The van der Waals surface area contributed by atoms with Crippen molar-refractivity contribution < 1.29 is 14.6 Å². The minimum atomic E-state index is -0.644. The molecule has 0 spiro atoms. The third kappa shape index (κ3) is 1.66. The molecule has 0 bridgehead atoms. The molecule has 16 heavy (non-hydrogen) atoms. The number of rotatable bonds is 3. The molecule has 1 aliphatic heterocycles. The summed E-state index contributed by atoms with van der Waals surface area (Å²) in [6, 6.07) is 6.23. The lowest BCUT2D eigenvalue weighted by Crippen LogP contribution is -2.01. The number of fused-ring (bicyclic) bond motifs is 1. The summed E-state index contributed by atoms with van der Waals surface area (Å²) in [5.74, 6) is 0.589. The van der Waals surface area contributed by atoms with Crippen LogP contribution in [-0.2, 0) is 17.6 Å². The molecule has 3 nitrogen and oxygen atoms in total. The second-order valence-electron chi connectivity index (χ2n) is 4.69. The van der Waals surface area contributed by atoms with E-state index in [1.807, 2.05) is 6.07 Å². The molecule has 0 unspecified atom stereocenters. The molecule has 1 N–H and O–H groups in total. The standard InChI is InChI=1S/C13H14O3/c14-13(15)11-7-10(11)6-8-1-2-12-9(5-8)3-4-16-12/h1-2,5,10-11H,3-4,6-7H2,(H,14,15)/t10-,11-/m1/s1. The molecular weight excluding hydrogens is 204 g/mol. The summed E-state index contributed by atoms with van der Waals surface area (Å²) in [6.45, 7) is 0.778. The van der Waals surface area contributed by atoms with E-state index in [0.29, 0.717) is 5.92 Å². The molecular formula is C13H14O3. The number of benzene rings is 1. The molecule has 3 rings (SSSR count). The van der Waals surface area contributed by atoms with Gasteiger partial charge >= 0.3 is 5.97 Å². The van der Waals surface area contributed by atoms with E-state index in [2.05, 4.69) is 12.1 Å². The summed E-state index contributed by atoms with van der Waals surface area (Å²) < 4.78 is 5.44. The molecule has 0 saturated heterocycles. The Morgan fingerprint density at radius 1 is 1.50 bits per heavy atom. The smallest absolute Gasteiger partial charge is 0.306 e. The fraction of sp³-hybridized carbons (Fsp3) is 0.462. The number of carboxylic acids is 1. The lowest BCUT2D eigenvalue weighted by molar-refractivity contribution is -0.138. The third-order valence-corrected chi connectivity index (χ3v) is 3.49. The maximum Gasteiger partial charge on any atom is 0.306 e. The normalized spacial score (nSPS) is 26.0. The highest BCUT2D eigenvalue weighted by molar-refractivity contribution is 5.73. The molecule has 0 amide bonds. The van der Waals surface area contributed by atoms with Crippen LogP contribution in [-0.4, -0.2) is 17.7 Å². The molecule has 1 aliphatic carbocycles. The van der Waals surface area contributed by atoms with Gasteiger partial charge < -0.3 is 9.84 Å². The van der Waals surface area contributed by atoms with Gasteiger partial charge in [0.2, 0.25) is 0 Å². The summed E-state index contributed by atoms with van der Waals surface area (Å²) in [6.07, 6.45) is 2.71. The molecule has 2 aliphatic rings. The summed E-state index contributed by atoms with van der Waals surface area (Å²) in [5.41, 5.74) is 2.52. The van der Waals surface area contributed by atoms with E-state index in [0.717, 1.165) is 31.6 Å². The van der Waals surface area contributed by atoms with Crippen molar-refractivity contribution in [3.8, 4) is 5.75 Å². The number of aliphatic carboxylic acids is 1. The van der Waals surface area contributed by atoms with Crippen LogP contribution in [0.5, 0.6) is 5.75 Å². The maximum atomic E-state index is 10.7. The third-order valence-electron chi connectivity index (χ3n) is 3.49. The van der Waals surface area contributed by atoms with Crippen LogP contribution in [0.3, 0.4) is 0 Å². The van der Waals surface area contributed by atoms with Gasteiger partial charge in [0.25, 0.3) is 0 Å². The van der Waals surface area contributed by atoms with Gasteiger partial charge in [-0.2, -0.15) is 0 Å². The van der Waals surface area contributed by atoms with Crippen LogP contribution in [0.2, 0.25) is 0 Å². The average molecular weight is 218 g/mol. The summed E-state index contributed by atoms with van der Waals surface area (Å²) in [4.78, 5) is 10.7. The van der Waals surface area contributed by atoms with Crippen molar-refractivity contribution >= 4 is 5.97 Å². The Kier molecular flexibility index (Phi) is 2.13. The lowest BCUT2D eigenvalue weighted by atomic mass is 10.0. The topological polar surface area (TPSA) is 46.5 Å². The Morgan fingerprint density at radius 2 is 2.38 bits per heavy atom. The zero-order chi connectivity index (χ0) is 11.1. The molecule has 1 fully saturated rings. The fourth-order valence-electron chi connectivity index (χ4n) is 2.45. The summed E-state index contributed by atoms with van der Waals surface area (Å²) in [5, 5.41) is 8.84. The lowest BCUT2D eigenvalue weighted by Gasteiger charge is -2.03. The molecule has 0 radical (unpaired) electrons. The molecule has 0 aromatic heterocycles. The quantitative estimate of drug-likeness (QED) is 0.842. The van der Waals surface area contributed by atoms with E-state index < -0.39 is 5.97 Å². The van der Waals surface area contributed by atoms with E-state index in [1.54, 1.807) is 0 Å². The van der Waals surface area contributed by atoms with Gasteiger partial charge in [0.15, 0.2) is 0 Å². The highest BCUT2D eigenvalue weighted by atomic mass is 16.5. The van der Waals surface area contributed by atoms with Crippen molar-refractivity contribution in [3.05, 3.63) is 29.3 Å². The first-order valence-corrected chi connectivity index (χ1v) is 5.71. The van der Waals surface area contributed by atoms with Crippen LogP contribution < -0.4 is 4.74 Å². The van der Waals surface area contributed by atoms with Crippen molar-refractivity contribution in [2.45, 2.75) is 19.3 Å². The highest BCUT2D eigenvalue weighted by Crippen LogP contribution is 2.41. The van der Waals surface area contributed by atoms with Crippen molar-refractivity contribution in [2.24, 2.45) is 11.8 Å². The molecule has 1 saturated carbocycles. The SMILES string of the molecule is O=C(O)[C@@H]1C[C@H]1Cc1ccc2c(c1)CCO2. The Labute approximate surface area is 94.0 Å². The van der Waals surface area contributed by atoms with Gasteiger partial charge in [-0.15, -0.1) is 0 Å². The predicted octanol–water partition coefficient (Wildman–Crippen LogP) is 1.88. The van der Waals surface area contributed by atoms with E-state index in [9.17, 15) is 4.79 Å². The molecule has 1 aromatic carbocycles. The van der Waals surface area contributed by atoms with Crippen molar-refractivity contribution in [1.29, 1.82) is 0 Å². The van der Waals surface area contributed by atoms with Gasteiger partial charge in [-0.1, -0.05) is 12.1 Å². The molecule has 84 valence electrons. The van der Waals surface area contributed by atoms with Gasteiger partial charge in [-0.05, 0) is 36.0 Å². The highest BCUT2D eigenvalue weighted by Gasteiger charge is 2.42. The largest absolute Gasteiger partial charge is 0.493 e. The van der Waals surface area contributed by atoms with Gasteiger partial charge in [0, 0.05) is 6.42 Å². The minimum absolute atomic E-state index is 0.107. The number of carboxylic acid groups (broad SMARTS) is 1. The van der Waals surface area contributed by atoms with Crippen LogP contribution in [0.25, 0.3) is 0 Å². The van der Waals surface area contributed by atoms with Crippen molar-refractivity contribution in [3.63, 3.8) is 0 Å². The average Bonchev–Trinajstić information content (AvgIpc) is 2.87. The molecule has 1 aromatic rings. The first-order valence-electron chi connectivity index (χ1n) is 5.71. The second-order valence-corrected chi connectivity index (χ2v) is 4.69. The van der Waals surface area contributed by atoms with Crippen LogP contribution in [0.1, 0.15) is 17.5 Å². The van der Waals surface area contributed by atoms with E-state index >= 15 is 0 Å². The van der Waals surface area contributed by atoms with E-state index in [-0.39, 0.29) is 5.92 Å². The maximum absolute atomic E-state index is 10.7. The Hall–Kier alpha value is -1.51. The van der Waals surface area contributed by atoms with Crippen LogP contribution in [0, 0.1) is 11.8 Å². The summed E-state index contributed by atoms with van der Waals surface area (Å²) >= 11 is 0. The van der Waals surface area contributed by atoms with E-state index in [4.69, 9.17) is 9.84 Å². The zero-order valence-corrected chi connectivity index (χ0v) is 8.98. The van der Waals surface area contributed by atoms with Crippen LogP contribution in [0.15, 0.2) is 18.2 Å². The second kappa shape index (κ2) is 3.51. The molecule has 1 heterocycles. The van der Waals surface area contributed by atoms with Gasteiger partial charge in [0.05, 0.1) is 12.5 Å². The van der Waals surface area contributed by atoms with Gasteiger partial charge in [-0.25, -0.2) is 0 Å². The zero-order valence-electron chi connectivity index (χ0n) is 8.98. The number of hydrogen-bond donors (Lipinski definition) is 1.